The zero-order valence-corrected chi connectivity index (χ0v) is 37.6. The number of rotatable bonds is 4. The summed E-state index contributed by atoms with van der Waals surface area (Å²) >= 11 is -0.944. The molecule has 316 valence electrons. The van der Waals surface area contributed by atoms with Crippen molar-refractivity contribution in [1.82, 2.24) is 10.6 Å². The fourth-order valence-electron chi connectivity index (χ4n) is 4.95. The number of aromatic carboxylic acids is 2. The molecule has 2 aliphatic carbocycles. The molecule has 19 heteroatoms. The number of halogens is 4. The van der Waals surface area contributed by atoms with Crippen LogP contribution in [0.3, 0.4) is 0 Å². The van der Waals surface area contributed by atoms with Crippen molar-refractivity contribution in [2.45, 2.75) is 111 Å². The summed E-state index contributed by atoms with van der Waals surface area (Å²) in [5, 5.41) is 39.0. The summed E-state index contributed by atoms with van der Waals surface area (Å²) in [7, 11) is 19.5. The fourth-order valence-corrected chi connectivity index (χ4v) is 4.95. The van der Waals surface area contributed by atoms with E-state index in [9.17, 15) is 19.2 Å². The molecule has 2 amide bonds. The maximum atomic E-state index is 10.5. The number of nitrogens with two attached hydrogens (primary N) is 3. The largest absolute Gasteiger partial charge is 0.693 e. The Morgan fingerprint density at radius 3 is 1.00 bits per heavy atom. The second-order valence-electron chi connectivity index (χ2n) is 10.9. The zero-order chi connectivity index (χ0) is 37.1. The van der Waals surface area contributed by atoms with Crippen molar-refractivity contribution in [3.8, 4) is 0 Å². The number of hydrogen-bond donors (Lipinski definition) is 6. The summed E-state index contributed by atoms with van der Waals surface area (Å²) in [5.74, 6) is -1.72. The van der Waals surface area contributed by atoms with E-state index in [0.29, 0.717) is 11.1 Å². The molecule has 2 aromatic carbocycles. The van der Waals surface area contributed by atoms with Crippen molar-refractivity contribution in [3.05, 3.63) is 95.7 Å². The molecule has 0 spiro atoms. The molecule has 53 heavy (non-hydrogen) atoms. The van der Waals surface area contributed by atoms with E-state index in [-0.39, 0.29) is 45.4 Å². The molecule has 4 rings (SSSR count). The van der Waals surface area contributed by atoms with Crippen LogP contribution in [0.4, 0.5) is 9.59 Å². The van der Waals surface area contributed by atoms with Crippen molar-refractivity contribution in [2.24, 2.45) is 0 Å². The Bertz CT molecular complexity index is 1150. The van der Waals surface area contributed by atoms with Gasteiger partial charge in [0.15, 0.2) is 0 Å². The molecule has 12 N–H and O–H groups in total. The van der Waals surface area contributed by atoms with Gasteiger partial charge in [0.2, 0.25) is 0 Å². The van der Waals surface area contributed by atoms with Crippen LogP contribution >= 0.6 is 37.7 Å². The van der Waals surface area contributed by atoms with Crippen molar-refractivity contribution in [3.63, 3.8) is 0 Å². The molecule has 0 unspecified atom stereocenters. The van der Waals surface area contributed by atoms with E-state index in [4.69, 9.17) is 58.1 Å². The number of aryl methyl sites for hydroxylation is 4. The maximum absolute atomic E-state index is 10.5. The molecule has 2 fully saturated rings. The number of benzene rings is 2. The number of hydrogen-bond acceptors (Lipinski definition) is 4. The molecule has 0 aliphatic heterocycles. The Labute approximate surface area is 349 Å². The van der Waals surface area contributed by atoms with Gasteiger partial charge in [0.05, 0.1) is 11.1 Å². The average molecular weight is 1200 g/mol. The molecule has 0 heterocycles. The van der Waals surface area contributed by atoms with Crippen LogP contribution in [0, 0.1) is 35.1 Å². The smallest absolute Gasteiger partial charge is 0.693 e. The summed E-state index contributed by atoms with van der Waals surface area (Å²) in [5.41, 5.74) is 4.58. The Morgan fingerprint density at radius 2 is 0.811 bits per heavy atom. The molecule has 0 aromatic heterocycles. The summed E-state index contributed by atoms with van der Waals surface area (Å²) in [6, 6.07) is 11.1. The minimum atomic E-state index is -0.882. The predicted molar refractivity (Wildman–Crippen MR) is 214 cm³/mol. The van der Waals surface area contributed by atoms with Gasteiger partial charge < -0.3 is 56.9 Å². The SMILES string of the molecule is C.Cc1ccc(C(=O)O)c(C)c1.Cc1ccc(C(=O)O)c(C)c1.O=C(O)NC1CCCCC1.O=C(O)NC1CCCCC1.[CH3-].[Cl][Pt+2][Cl].[Cl][Pt+2][Cl].[NH2-].[NH2-].[NH2-]. The summed E-state index contributed by atoms with van der Waals surface area (Å²) in [4.78, 5) is 41.4. The van der Waals surface area contributed by atoms with Gasteiger partial charge in [0.1, 0.15) is 0 Å². The van der Waals surface area contributed by atoms with E-state index in [0.717, 1.165) is 47.9 Å². The third-order valence-corrected chi connectivity index (χ3v) is 7.09. The van der Waals surface area contributed by atoms with Crippen LogP contribution < -0.4 is 10.6 Å². The van der Waals surface area contributed by atoms with Crippen molar-refractivity contribution in [2.75, 3.05) is 0 Å². The maximum Gasteiger partial charge on any atom is -0.693 e. The minimum Gasteiger partial charge on any atom is -0.693 e. The van der Waals surface area contributed by atoms with Crippen LogP contribution in [0.5, 0.6) is 0 Å². The van der Waals surface area contributed by atoms with E-state index in [1.165, 1.54) is 38.5 Å². The first kappa shape index (κ1) is 66.2. The van der Waals surface area contributed by atoms with Gasteiger partial charge in [-0.1, -0.05) is 81.3 Å². The molecular weight excluding hydrogens is 1140 g/mol. The van der Waals surface area contributed by atoms with Gasteiger partial charge in [-0.25, -0.2) is 19.2 Å². The normalized spacial score (nSPS) is 12.5. The molecule has 2 aromatic rings. The third kappa shape index (κ3) is 37.1. The zero-order valence-electron chi connectivity index (χ0n) is 30.0. The van der Waals surface area contributed by atoms with E-state index in [1.54, 1.807) is 38.1 Å². The summed E-state index contributed by atoms with van der Waals surface area (Å²) in [6.07, 6.45) is 9.53. The second kappa shape index (κ2) is 41.5. The van der Waals surface area contributed by atoms with Crippen LogP contribution in [0.1, 0.15) is 115 Å². The van der Waals surface area contributed by atoms with E-state index in [1.807, 2.05) is 26.0 Å². The molecular formula is C34H59Cl4N5O8Pt2. The van der Waals surface area contributed by atoms with E-state index in [2.05, 4.69) is 10.6 Å². The van der Waals surface area contributed by atoms with Gasteiger partial charge in [-0.3, -0.25) is 0 Å². The minimum absolute atomic E-state index is 0. The monoisotopic (exact) mass is 1200 g/mol. The van der Waals surface area contributed by atoms with Crippen LogP contribution in [-0.2, 0) is 33.0 Å². The van der Waals surface area contributed by atoms with E-state index >= 15 is 0 Å². The van der Waals surface area contributed by atoms with Gasteiger partial charge in [-0.05, 0) is 76.6 Å². The van der Waals surface area contributed by atoms with Crippen LogP contribution in [0.25, 0.3) is 18.5 Å². The Balaban J connectivity index is -0.0000000983. The first-order valence-corrected chi connectivity index (χ1v) is 26.1. The molecule has 0 saturated heterocycles. The predicted octanol–water partition coefficient (Wildman–Crippen LogP) is 13.2. The first-order chi connectivity index (χ1) is 22.6. The Kier molecular flexibility index (Phi) is 51.8. The fraction of sp³-hybridized carbons (Fsp3) is 0.500. The third-order valence-electron chi connectivity index (χ3n) is 7.09. The number of carbonyl (C=O) groups is 4. The Hall–Kier alpha value is -1.66. The number of amides is 2. The van der Waals surface area contributed by atoms with Crippen LogP contribution in [-0.4, -0.2) is 56.6 Å². The summed E-state index contributed by atoms with van der Waals surface area (Å²) < 4.78 is 0. The topological polar surface area (TPSA) is 274 Å². The Morgan fingerprint density at radius 1 is 0.566 bits per heavy atom. The summed E-state index contributed by atoms with van der Waals surface area (Å²) in [6.45, 7) is 7.49. The number of nitrogens with one attached hydrogen (secondary N) is 2. The van der Waals surface area contributed by atoms with Gasteiger partial charge in [-0.15, -0.1) is 0 Å². The quantitative estimate of drug-likeness (QED) is 0.160. The van der Waals surface area contributed by atoms with Gasteiger partial charge >= 0.3 is 94.8 Å². The van der Waals surface area contributed by atoms with E-state index < -0.39 is 57.1 Å². The van der Waals surface area contributed by atoms with Gasteiger partial charge in [-0.2, -0.15) is 0 Å². The first-order valence-electron chi connectivity index (χ1n) is 14.9. The van der Waals surface area contributed by atoms with Gasteiger partial charge in [0.25, 0.3) is 0 Å². The molecule has 0 atom stereocenters. The average Bonchev–Trinajstić information content (AvgIpc) is 2.99. The number of carboxylic acid groups (broad SMARTS) is 4. The van der Waals surface area contributed by atoms with Crippen LogP contribution in [0.15, 0.2) is 36.4 Å². The molecule has 2 aliphatic rings. The molecule has 13 nitrogen and oxygen atoms in total. The second-order valence-corrected chi connectivity index (χ2v) is 17.5. The van der Waals surface area contributed by atoms with Crippen molar-refractivity contribution < 1.29 is 72.6 Å². The van der Waals surface area contributed by atoms with Crippen LogP contribution in [0.2, 0.25) is 0 Å². The number of carboxylic acids is 2. The molecule has 2 saturated carbocycles. The van der Waals surface area contributed by atoms with Crippen molar-refractivity contribution >= 4 is 61.8 Å². The molecule has 0 radical (unpaired) electrons. The van der Waals surface area contributed by atoms with Gasteiger partial charge in [0, 0.05) is 12.1 Å². The standard InChI is InChI=1S/2C9H10O2.2C7H13NO2.CH4.CH3.4ClH.3H2N.2Pt/c2*1-6-3-4-8(9(10)11)7(2)5-6;2*9-7(10)8-6-4-2-1-3-5-6;;;;;;;;;;;/h2*3-5H,1-2H3,(H,10,11);2*6,8H,1-5H2,(H,9,10);1H4;1H3;4*1H;3*1H2;;/q;;;;;-1;;;;;3*-1;2*+4/p-4. The molecule has 0 bridgehead atoms. The van der Waals surface area contributed by atoms with Crippen molar-refractivity contribution in [1.29, 1.82) is 0 Å².